The fraction of sp³-hybridized carbons (Fsp3) is 0. The number of hydrogen-bond donors (Lipinski definition) is 3. The summed E-state index contributed by atoms with van der Waals surface area (Å²) in [5.41, 5.74) is 17.7. The first kappa shape index (κ1) is 16.5. The van der Waals surface area contributed by atoms with Gasteiger partial charge in [-0.3, -0.25) is 0 Å². The van der Waals surface area contributed by atoms with Crippen LogP contribution in [0.3, 0.4) is 0 Å². The Morgan fingerprint density at radius 1 is 1.04 bits per heavy atom. The number of guanidine groups is 1. The summed E-state index contributed by atoms with van der Waals surface area (Å²) >= 11 is 0. The first-order chi connectivity index (χ1) is 11.9. The lowest BCUT2D eigenvalue weighted by Gasteiger charge is -2.07. The number of para-hydroxylation sites is 1. The van der Waals surface area contributed by atoms with E-state index in [0.29, 0.717) is 22.2 Å². The highest BCUT2D eigenvalue weighted by Gasteiger charge is 2.20. The molecule has 1 aromatic heterocycles. The van der Waals surface area contributed by atoms with E-state index in [1.54, 1.807) is 36.4 Å². The number of nitrogen functional groups attached to an aromatic ring is 1. The summed E-state index contributed by atoms with van der Waals surface area (Å²) in [4.78, 5) is 0.134. The Kier molecular flexibility index (Phi) is 4.15. The molecule has 3 rings (SSSR count). The van der Waals surface area contributed by atoms with Crippen LogP contribution in [0.4, 0.5) is 5.69 Å². The van der Waals surface area contributed by atoms with Crippen LogP contribution in [-0.2, 0) is 10.0 Å². The molecule has 0 aliphatic heterocycles. The third kappa shape index (κ3) is 3.17. The quantitative estimate of drug-likeness (QED) is 0.277. The van der Waals surface area contributed by atoms with E-state index in [0.717, 1.165) is 0 Å². The van der Waals surface area contributed by atoms with E-state index < -0.39 is 10.0 Å². The first-order valence-corrected chi connectivity index (χ1v) is 8.67. The number of hydrogen-bond acceptors (Lipinski definition) is 5. The van der Waals surface area contributed by atoms with Gasteiger partial charge in [-0.25, -0.2) is 12.4 Å². The van der Waals surface area contributed by atoms with Crippen LogP contribution in [0.5, 0.6) is 0 Å². The van der Waals surface area contributed by atoms with Crippen molar-refractivity contribution in [2.45, 2.75) is 4.90 Å². The molecule has 25 heavy (non-hydrogen) atoms. The van der Waals surface area contributed by atoms with Crippen molar-refractivity contribution in [1.82, 2.24) is 3.97 Å². The van der Waals surface area contributed by atoms with Crippen molar-refractivity contribution in [3.63, 3.8) is 0 Å². The van der Waals surface area contributed by atoms with Gasteiger partial charge in [-0.1, -0.05) is 18.2 Å². The topological polar surface area (TPSA) is 142 Å². The van der Waals surface area contributed by atoms with Crippen LogP contribution in [0.15, 0.2) is 69.8 Å². The summed E-state index contributed by atoms with van der Waals surface area (Å²) in [7, 11) is -3.79. The van der Waals surface area contributed by atoms with Gasteiger partial charge in [-0.2, -0.15) is 5.10 Å². The van der Waals surface area contributed by atoms with E-state index >= 15 is 0 Å². The van der Waals surface area contributed by atoms with Crippen molar-refractivity contribution >= 4 is 38.8 Å². The third-order valence-electron chi connectivity index (χ3n) is 3.52. The number of nitrogens with zero attached hydrogens (tertiary/aromatic N) is 3. The Hall–Kier alpha value is -3.33. The first-order valence-electron chi connectivity index (χ1n) is 7.23. The maximum atomic E-state index is 13.0. The zero-order valence-corrected chi connectivity index (χ0v) is 13.9. The van der Waals surface area contributed by atoms with E-state index in [1.807, 2.05) is 0 Å². The van der Waals surface area contributed by atoms with Gasteiger partial charge in [0.15, 0.2) is 0 Å². The van der Waals surface area contributed by atoms with Gasteiger partial charge in [0.25, 0.3) is 10.0 Å². The highest BCUT2D eigenvalue weighted by molar-refractivity contribution is 7.90. The molecule has 0 unspecified atom stereocenters. The number of benzene rings is 2. The van der Waals surface area contributed by atoms with Crippen LogP contribution >= 0.6 is 0 Å². The minimum atomic E-state index is -3.79. The predicted molar refractivity (Wildman–Crippen MR) is 98.8 cm³/mol. The summed E-state index contributed by atoms with van der Waals surface area (Å²) < 4.78 is 27.1. The molecule has 9 heteroatoms. The number of rotatable bonds is 4. The number of nitrogens with two attached hydrogens (primary N) is 3. The summed E-state index contributed by atoms with van der Waals surface area (Å²) in [6, 6.07) is 13.1. The molecule has 2 aromatic carbocycles. The highest BCUT2D eigenvalue weighted by atomic mass is 32.2. The summed E-state index contributed by atoms with van der Waals surface area (Å²) in [6.45, 7) is 0. The molecule has 6 N–H and O–H groups in total. The Morgan fingerprint density at radius 2 is 1.72 bits per heavy atom. The van der Waals surface area contributed by atoms with Crippen molar-refractivity contribution in [3.8, 4) is 0 Å². The van der Waals surface area contributed by atoms with E-state index in [9.17, 15) is 8.42 Å². The number of fused-ring (bicyclic) bond motifs is 1. The molecule has 0 saturated carbocycles. The zero-order chi connectivity index (χ0) is 18.0. The van der Waals surface area contributed by atoms with Crippen molar-refractivity contribution in [1.29, 1.82) is 0 Å². The monoisotopic (exact) mass is 356 g/mol. The fourth-order valence-electron chi connectivity index (χ4n) is 2.39. The van der Waals surface area contributed by atoms with Crippen LogP contribution in [0.2, 0.25) is 0 Å². The van der Waals surface area contributed by atoms with Crippen molar-refractivity contribution in [3.05, 3.63) is 60.3 Å². The molecular weight excluding hydrogens is 340 g/mol. The van der Waals surface area contributed by atoms with Crippen LogP contribution < -0.4 is 17.2 Å². The molecule has 8 nitrogen and oxygen atoms in total. The zero-order valence-electron chi connectivity index (χ0n) is 13.1. The van der Waals surface area contributed by atoms with Gasteiger partial charge in [-0.05, 0) is 30.3 Å². The molecule has 128 valence electrons. The summed E-state index contributed by atoms with van der Waals surface area (Å²) in [6.07, 6.45) is 2.87. The molecule has 0 radical (unpaired) electrons. The summed E-state index contributed by atoms with van der Waals surface area (Å²) in [5.74, 6) is -0.186. The Bertz CT molecular complexity index is 1080. The third-order valence-corrected chi connectivity index (χ3v) is 5.20. The molecule has 1 heterocycles. The molecule has 0 bridgehead atoms. The normalized spacial score (nSPS) is 11.8. The van der Waals surface area contributed by atoms with Gasteiger partial charge < -0.3 is 17.2 Å². The maximum Gasteiger partial charge on any atom is 0.268 e. The van der Waals surface area contributed by atoms with Crippen molar-refractivity contribution in [2.24, 2.45) is 21.7 Å². The smallest absolute Gasteiger partial charge is 0.268 e. The van der Waals surface area contributed by atoms with E-state index in [2.05, 4.69) is 10.2 Å². The molecule has 0 atom stereocenters. The number of anilines is 1. The Morgan fingerprint density at radius 3 is 2.40 bits per heavy atom. The van der Waals surface area contributed by atoms with Gasteiger partial charge in [0, 0.05) is 22.8 Å². The molecule has 0 fully saturated rings. The minimum Gasteiger partial charge on any atom is -0.399 e. The maximum absolute atomic E-state index is 13.0. The van der Waals surface area contributed by atoms with Crippen LogP contribution in [-0.4, -0.2) is 24.6 Å². The molecule has 3 aromatic rings. The van der Waals surface area contributed by atoms with Gasteiger partial charge in [0.1, 0.15) is 0 Å². The van der Waals surface area contributed by atoms with Crippen LogP contribution in [0, 0.1) is 0 Å². The Balaban J connectivity index is 2.18. The van der Waals surface area contributed by atoms with Gasteiger partial charge in [0.2, 0.25) is 5.96 Å². The lowest BCUT2D eigenvalue weighted by Crippen LogP contribution is -2.21. The molecular formula is C16H16N6O2S. The van der Waals surface area contributed by atoms with Crippen molar-refractivity contribution in [2.75, 3.05) is 5.73 Å². The van der Waals surface area contributed by atoms with Gasteiger partial charge >= 0.3 is 0 Å². The standard InChI is InChI=1S/C16H16N6O2S/c17-12-5-7-13(8-6-12)25(23,24)22-10-11(9-20-21-16(18)19)14-3-1-2-4-15(14)22/h1-10H,17H2,(H4,18,19,21)/b20-9-. The fourth-order valence-corrected chi connectivity index (χ4v) is 3.77. The summed E-state index contributed by atoms with van der Waals surface area (Å²) in [5, 5.41) is 8.00. The average molecular weight is 356 g/mol. The SMILES string of the molecule is NC(N)=N/N=C\c1cn(S(=O)(=O)c2ccc(N)cc2)c2ccccc12. The van der Waals surface area contributed by atoms with E-state index in [1.165, 1.54) is 28.5 Å². The van der Waals surface area contributed by atoms with Gasteiger partial charge in [0.05, 0.1) is 16.6 Å². The Labute approximate surface area is 144 Å². The van der Waals surface area contributed by atoms with Crippen LogP contribution in [0.1, 0.15) is 5.56 Å². The molecule has 0 aliphatic carbocycles. The lowest BCUT2D eigenvalue weighted by atomic mass is 10.2. The molecule has 0 spiro atoms. The van der Waals surface area contributed by atoms with E-state index in [-0.39, 0.29) is 10.9 Å². The second-order valence-corrected chi connectivity index (χ2v) is 7.06. The lowest BCUT2D eigenvalue weighted by molar-refractivity contribution is 0.589. The largest absolute Gasteiger partial charge is 0.399 e. The van der Waals surface area contributed by atoms with Gasteiger partial charge in [-0.15, -0.1) is 5.10 Å². The second kappa shape index (κ2) is 6.29. The minimum absolute atomic E-state index is 0.134. The molecule has 0 aliphatic rings. The highest BCUT2D eigenvalue weighted by Crippen LogP contribution is 2.25. The second-order valence-electron chi connectivity index (χ2n) is 5.24. The average Bonchev–Trinajstić information content (AvgIpc) is 2.95. The predicted octanol–water partition coefficient (Wildman–Crippen LogP) is 1.07. The number of aromatic nitrogens is 1. The van der Waals surface area contributed by atoms with Crippen molar-refractivity contribution < 1.29 is 8.42 Å². The van der Waals surface area contributed by atoms with Crippen LogP contribution in [0.25, 0.3) is 10.9 Å². The molecule has 0 amide bonds. The van der Waals surface area contributed by atoms with E-state index in [4.69, 9.17) is 17.2 Å². The molecule has 0 saturated heterocycles.